The lowest BCUT2D eigenvalue weighted by molar-refractivity contribution is 0.127. The highest BCUT2D eigenvalue weighted by Gasteiger charge is 2.21. The molecule has 20 heavy (non-hydrogen) atoms. The maximum absolute atomic E-state index is 9.53. The van der Waals surface area contributed by atoms with Crippen molar-refractivity contribution in [2.45, 2.75) is 46.3 Å². The minimum atomic E-state index is -0.258. The number of aliphatic hydroxyl groups excluding tert-OH is 1. The van der Waals surface area contributed by atoms with Crippen LogP contribution >= 0.6 is 11.3 Å². The number of aromatic nitrogens is 1. The standard InChI is InChI=1S/C16H24N2OS/c1-11(19)8-16(3,4)10-18-12(2)13-7-15-14(17-9-13)5-6-20-15/h5-7,9,11-12,18-19H,8,10H2,1-4H3. The van der Waals surface area contributed by atoms with Crippen molar-refractivity contribution in [3.63, 3.8) is 0 Å². The monoisotopic (exact) mass is 292 g/mol. The van der Waals surface area contributed by atoms with E-state index in [1.54, 1.807) is 11.3 Å². The summed E-state index contributed by atoms with van der Waals surface area (Å²) in [4.78, 5) is 4.49. The topological polar surface area (TPSA) is 45.1 Å². The van der Waals surface area contributed by atoms with Crippen LogP contribution in [0, 0.1) is 5.41 Å². The normalized spacial score (nSPS) is 15.4. The summed E-state index contributed by atoms with van der Waals surface area (Å²) < 4.78 is 1.24. The van der Waals surface area contributed by atoms with Crippen LogP contribution in [-0.4, -0.2) is 22.7 Å². The number of hydrogen-bond donors (Lipinski definition) is 2. The average molecular weight is 292 g/mol. The third kappa shape index (κ3) is 4.01. The molecule has 0 radical (unpaired) electrons. The zero-order chi connectivity index (χ0) is 14.8. The maximum Gasteiger partial charge on any atom is 0.0809 e. The lowest BCUT2D eigenvalue weighted by Gasteiger charge is -2.28. The summed E-state index contributed by atoms with van der Waals surface area (Å²) >= 11 is 1.73. The molecule has 0 fully saturated rings. The van der Waals surface area contributed by atoms with Gasteiger partial charge in [-0.05, 0) is 48.8 Å². The zero-order valence-corrected chi connectivity index (χ0v) is 13.5. The molecule has 0 aliphatic rings. The van der Waals surface area contributed by atoms with Crippen LogP contribution in [0.2, 0.25) is 0 Å². The van der Waals surface area contributed by atoms with Crippen molar-refractivity contribution >= 4 is 21.6 Å². The Balaban J connectivity index is 1.99. The average Bonchev–Trinajstić information content (AvgIpc) is 2.81. The van der Waals surface area contributed by atoms with Crippen molar-refractivity contribution in [1.82, 2.24) is 10.3 Å². The second-order valence-corrected chi connectivity index (χ2v) is 7.34. The van der Waals surface area contributed by atoms with Crippen LogP contribution in [0.25, 0.3) is 10.2 Å². The fraction of sp³-hybridized carbons (Fsp3) is 0.562. The summed E-state index contributed by atoms with van der Waals surface area (Å²) in [6, 6.07) is 4.53. The van der Waals surface area contributed by atoms with E-state index in [2.05, 4.69) is 42.5 Å². The van der Waals surface area contributed by atoms with Gasteiger partial charge in [0.25, 0.3) is 0 Å². The minimum absolute atomic E-state index is 0.0862. The van der Waals surface area contributed by atoms with Crippen molar-refractivity contribution in [3.05, 3.63) is 29.3 Å². The molecule has 2 N–H and O–H groups in total. The Morgan fingerprint density at radius 2 is 2.15 bits per heavy atom. The number of rotatable bonds is 6. The first-order valence-corrected chi connectivity index (χ1v) is 8.00. The Morgan fingerprint density at radius 1 is 1.40 bits per heavy atom. The number of fused-ring (bicyclic) bond motifs is 1. The van der Waals surface area contributed by atoms with E-state index >= 15 is 0 Å². The number of aliphatic hydroxyl groups is 1. The molecule has 2 heterocycles. The van der Waals surface area contributed by atoms with Gasteiger partial charge in [-0.25, -0.2) is 0 Å². The van der Waals surface area contributed by atoms with Crippen molar-refractivity contribution in [1.29, 1.82) is 0 Å². The van der Waals surface area contributed by atoms with E-state index in [-0.39, 0.29) is 17.6 Å². The highest BCUT2D eigenvalue weighted by molar-refractivity contribution is 7.17. The smallest absolute Gasteiger partial charge is 0.0809 e. The SMILES string of the molecule is CC(O)CC(C)(C)CNC(C)c1cnc2ccsc2c1. The summed E-state index contributed by atoms with van der Waals surface area (Å²) in [6.07, 6.45) is 2.50. The van der Waals surface area contributed by atoms with Crippen molar-refractivity contribution in [3.8, 4) is 0 Å². The third-order valence-electron chi connectivity index (χ3n) is 3.56. The molecular weight excluding hydrogens is 268 g/mol. The Kier molecular flexibility index (Phi) is 4.78. The van der Waals surface area contributed by atoms with E-state index in [9.17, 15) is 5.11 Å². The number of thiophene rings is 1. The van der Waals surface area contributed by atoms with Gasteiger partial charge >= 0.3 is 0 Å². The molecule has 4 heteroatoms. The fourth-order valence-corrected chi connectivity index (χ4v) is 3.31. The lowest BCUT2D eigenvalue weighted by Crippen LogP contribution is -2.33. The number of hydrogen-bond acceptors (Lipinski definition) is 4. The first-order valence-electron chi connectivity index (χ1n) is 7.12. The summed E-state index contributed by atoms with van der Waals surface area (Å²) in [5.74, 6) is 0. The predicted octanol–water partition coefficient (Wildman–Crippen LogP) is 3.74. The third-order valence-corrected chi connectivity index (χ3v) is 4.41. The molecular formula is C16H24N2OS. The van der Waals surface area contributed by atoms with Gasteiger partial charge in [0.1, 0.15) is 0 Å². The minimum Gasteiger partial charge on any atom is -0.393 e. The van der Waals surface area contributed by atoms with Gasteiger partial charge in [0.2, 0.25) is 0 Å². The van der Waals surface area contributed by atoms with Crippen LogP contribution in [0.3, 0.4) is 0 Å². The van der Waals surface area contributed by atoms with Crippen LogP contribution in [0.5, 0.6) is 0 Å². The molecule has 2 atom stereocenters. The molecule has 0 aliphatic heterocycles. The number of nitrogens with one attached hydrogen (secondary N) is 1. The second-order valence-electron chi connectivity index (χ2n) is 6.39. The molecule has 0 bridgehead atoms. The molecule has 0 spiro atoms. The molecule has 0 aromatic carbocycles. The molecule has 2 rings (SSSR count). The van der Waals surface area contributed by atoms with Gasteiger partial charge in [-0.2, -0.15) is 0 Å². The summed E-state index contributed by atoms with van der Waals surface area (Å²) in [5.41, 5.74) is 2.37. The largest absolute Gasteiger partial charge is 0.393 e. The fourth-order valence-electron chi connectivity index (χ4n) is 2.52. The second kappa shape index (κ2) is 6.20. The van der Waals surface area contributed by atoms with Crippen molar-refractivity contribution in [2.24, 2.45) is 5.41 Å². The van der Waals surface area contributed by atoms with E-state index in [1.807, 2.05) is 19.2 Å². The predicted molar refractivity (Wildman–Crippen MR) is 86.1 cm³/mol. The van der Waals surface area contributed by atoms with Gasteiger partial charge in [-0.15, -0.1) is 11.3 Å². The van der Waals surface area contributed by atoms with Crippen LogP contribution in [0.15, 0.2) is 23.7 Å². The summed E-state index contributed by atoms with van der Waals surface area (Å²) in [7, 11) is 0. The van der Waals surface area contributed by atoms with Crippen LogP contribution in [0.1, 0.15) is 45.7 Å². The van der Waals surface area contributed by atoms with E-state index in [0.717, 1.165) is 18.5 Å². The Labute approximate surface area is 125 Å². The van der Waals surface area contributed by atoms with Crippen molar-refractivity contribution in [2.75, 3.05) is 6.54 Å². The van der Waals surface area contributed by atoms with Gasteiger partial charge in [-0.3, -0.25) is 4.98 Å². The van der Waals surface area contributed by atoms with Gasteiger partial charge in [0.05, 0.1) is 16.3 Å². The zero-order valence-electron chi connectivity index (χ0n) is 12.7. The van der Waals surface area contributed by atoms with E-state index in [0.29, 0.717) is 0 Å². The quantitative estimate of drug-likeness (QED) is 0.852. The molecule has 0 amide bonds. The molecule has 0 aliphatic carbocycles. The first kappa shape index (κ1) is 15.4. The lowest BCUT2D eigenvalue weighted by atomic mass is 9.86. The van der Waals surface area contributed by atoms with Crippen LogP contribution in [0.4, 0.5) is 0 Å². The van der Waals surface area contributed by atoms with Crippen molar-refractivity contribution < 1.29 is 5.11 Å². The van der Waals surface area contributed by atoms with Gasteiger partial charge in [0, 0.05) is 18.8 Å². The molecule has 3 nitrogen and oxygen atoms in total. The molecule has 2 unspecified atom stereocenters. The molecule has 110 valence electrons. The summed E-state index contributed by atoms with van der Waals surface area (Å²) in [5, 5.41) is 15.2. The number of nitrogens with zero attached hydrogens (tertiary/aromatic N) is 1. The highest BCUT2D eigenvalue weighted by atomic mass is 32.1. The van der Waals surface area contributed by atoms with Gasteiger partial charge in [-0.1, -0.05) is 13.8 Å². The molecule has 0 saturated heterocycles. The van der Waals surface area contributed by atoms with E-state index in [1.165, 1.54) is 10.3 Å². The Morgan fingerprint density at radius 3 is 2.85 bits per heavy atom. The Bertz CT molecular complexity index is 562. The summed E-state index contributed by atoms with van der Waals surface area (Å²) in [6.45, 7) is 9.25. The van der Waals surface area contributed by atoms with Crippen LogP contribution < -0.4 is 5.32 Å². The van der Waals surface area contributed by atoms with Crippen LogP contribution in [-0.2, 0) is 0 Å². The molecule has 2 aromatic rings. The van der Waals surface area contributed by atoms with E-state index in [4.69, 9.17) is 0 Å². The molecule has 2 aromatic heterocycles. The first-order chi connectivity index (χ1) is 9.37. The Hall–Kier alpha value is -0.970. The van der Waals surface area contributed by atoms with E-state index < -0.39 is 0 Å². The number of pyridine rings is 1. The van der Waals surface area contributed by atoms with Gasteiger partial charge < -0.3 is 10.4 Å². The highest BCUT2D eigenvalue weighted by Crippen LogP contribution is 2.25. The molecule has 0 saturated carbocycles. The van der Waals surface area contributed by atoms with Gasteiger partial charge in [0.15, 0.2) is 0 Å². The maximum atomic E-state index is 9.53.